The molecule has 0 saturated heterocycles. The zero-order valence-electron chi connectivity index (χ0n) is 10.1. The zero-order valence-corrected chi connectivity index (χ0v) is 11.7. The van der Waals surface area contributed by atoms with Crippen molar-refractivity contribution in [2.75, 3.05) is 11.9 Å². The van der Waals surface area contributed by atoms with Gasteiger partial charge in [-0.2, -0.15) is 0 Å². The van der Waals surface area contributed by atoms with Gasteiger partial charge in [-0.05, 0) is 25.1 Å². The van der Waals surface area contributed by atoms with Crippen LogP contribution in [0.15, 0.2) is 28.9 Å². The summed E-state index contributed by atoms with van der Waals surface area (Å²) in [4.78, 5) is 14.7. The number of hydrogen-bond donors (Lipinski definition) is 2. The Morgan fingerprint density at radius 3 is 2.95 bits per heavy atom. The van der Waals surface area contributed by atoms with E-state index >= 15 is 0 Å². The van der Waals surface area contributed by atoms with Crippen LogP contribution in [0.25, 0.3) is 10.9 Å². The lowest BCUT2D eigenvalue weighted by Gasteiger charge is -2.14. The molecule has 0 radical (unpaired) electrons. The van der Waals surface area contributed by atoms with Crippen LogP contribution < -0.4 is 5.32 Å². The zero-order chi connectivity index (χ0) is 14.0. The molecule has 0 aliphatic carbocycles. The average molecular weight is 326 g/mol. The Morgan fingerprint density at radius 1 is 1.58 bits per heavy atom. The number of anilines is 1. The van der Waals surface area contributed by atoms with Gasteiger partial charge >= 0.3 is 5.69 Å². The minimum absolute atomic E-state index is 0.102. The van der Waals surface area contributed by atoms with Gasteiger partial charge in [-0.3, -0.25) is 10.1 Å². The first-order valence-electron chi connectivity index (χ1n) is 5.63. The van der Waals surface area contributed by atoms with E-state index in [0.29, 0.717) is 16.6 Å². The highest BCUT2D eigenvalue weighted by Crippen LogP contribution is 2.33. The summed E-state index contributed by atoms with van der Waals surface area (Å²) < 4.78 is 0.850. The normalized spacial score (nSPS) is 12.4. The molecule has 1 atom stereocenters. The molecule has 7 heteroatoms. The van der Waals surface area contributed by atoms with Crippen LogP contribution in [0.2, 0.25) is 0 Å². The maximum Gasteiger partial charge on any atom is 0.311 e. The van der Waals surface area contributed by atoms with Crippen molar-refractivity contribution in [2.45, 2.75) is 13.0 Å². The number of fused-ring (bicyclic) bond motifs is 1. The number of nitrogens with zero attached hydrogens (tertiary/aromatic N) is 2. The first-order valence-corrected chi connectivity index (χ1v) is 6.42. The van der Waals surface area contributed by atoms with E-state index in [-0.39, 0.29) is 18.3 Å². The fourth-order valence-electron chi connectivity index (χ4n) is 1.74. The Morgan fingerprint density at radius 2 is 2.32 bits per heavy atom. The van der Waals surface area contributed by atoms with Crippen LogP contribution in [0.1, 0.15) is 6.92 Å². The Hall–Kier alpha value is -1.73. The van der Waals surface area contributed by atoms with Crippen molar-refractivity contribution >= 4 is 38.2 Å². The van der Waals surface area contributed by atoms with Gasteiger partial charge in [0.05, 0.1) is 17.0 Å². The smallest absolute Gasteiger partial charge is 0.311 e. The number of aliphatic hydroxyl groups is 1. The topological polar surface area (TPSA) is 88.3 Å². The van der Waals surface area contributed by atoms with Gasteiger partial charge < -0.3 is 10.4 Å². The molecule has 0 bridgehead atoms. The SMILES string of the molecule is C[C@@H](CO)Nc1c([N+](=O)[O-])cnc2cc(Br)ccc12. The second-order valence-electron chi connectivity index (χ2n) is 4.16. The minimum atomic E-state index is -0.485. The lowest BCUT2D eigenvalue weighted by atomic mass is 10.1. The van der Waals surface area contributed by atoms with E-state index in [4.69, 9.17) is 5.11 Å². The molecule has 19 heavy (non-hydrogen) atoms. The standard InChI is InChI=1S/C12H12BrN3O3/c1-7(6-17)15-12-9-3-2-8(13)4-10(9)14-5-11(12)16(18)19/h2-5,7,17H,6H2,1H3,(H,14,15)/t7-/m0/s1. The Kier molecular flexibility index (Phi) is 3.96. The van der Waals surface area contributed by atoms with Gasteiger partial charge in [0.25, 0.3) is 0 Å². The van der Waals surface area contributed by atoms with Gasteiger partial charge in [0.15, 0.2) is 0 Å². The number of halogens is 1. The van der Waals surface area contributed by atoms with E-state index < -0.39 is 4.92 Å². The fraction of sp³-hybridized carbons (Fsp3) is 0.250. The van der Waals surface area contributed by atoms with Crippen molar-refractivity contribution in [3.63, 3.8) is 0 Å². The molecule has 2 N–H and O–H groups in total. The van der Waals surface area contributed by atoms with E-state index in [1.165, 1.54) is 6.20 Å². The Bertz CT molecular complexity index is 633. The molecule has 0 unspecified atom stereocenters. The molecule has 0 saturated carbocycles. The molecule has 1 aromatic carbocycles. The van der Waals surface area contributed by atoms with Crippen molar-refractivity contribution in [2.24, 2.45) is 0 Å². The van der Waals surface area contributed by atoms with Gasteiger partial charge in [0, 0.05) is 15.9 Å². The van der Waals surface area contributed by atoms with Crippen molar-refractivity contribution in [1.29, 1.82) is 0 Å². The monoisotopic (exact) mass is 325 g/mol. The number of rotatable bonds is 4. The third kappa shape index (κ3) is 2.82. The van der Waals surface area contributed by atoms with Crippen LogP contribution >= 0.6 is 15.9 Å². The van der Waals surface area contributed by atoms with Gasteiger partial charge in [0.2, 0.25) is 0 Å². The van der Waals surface area contributed by atoms with E-state index in [1.807, 2.05) is 0 Å². The van der Waals surface area contributed by atoms with Crippen LogP contribution in [-0.4, -0.2) is 27.7 Å². The molecule has 0 aliphatic heterocycles. The number of nitrogens with one attached hydrogen (secondary N) is 1. The number of nitro groups is 1. The maximum atomic E-state index is 11.1. The Balaban J connectivity index is 2.65. The summed E-state index contributed by atoms with van der Waals surface area (Å²) >= 11 is 3.33. The average Bonchev–Trinajstić information content (AvgIpc) is 2.38. The fourth-order valence-corrected chi connectivity index (χ4v) is 2.09. The molecule has 0 aliphatic rings. The van der Waals surface area contributed by atoms with Crippen LogP contribution in [0, 0.1) is 10.1 Å². The number of aliphatic hydroxyl groups excluding tert-OH is 1. The highest BCUT2D eigenvalue weighted by atomic mass is 79.9. The quantitative estimate of drug-likeness (QED) is 0.666. The van der Waals surface area contributed by atoms with Gasteiger partial charge in [-0.1, -0.05) is 15.9 Å². The van der Waals surface area contributed by atoms with E-state index in [2.05, 4.69) is 26.2 Å². The molecule has 100 valence electrons. The summed E-state index contributed by atoms with van der Waals surface area (Å²) in [6.07, 6.45) is 1.22. The largest absolute Gasteiger partial charge is 0.394 e. The van der Waals surface area contributed by atoms with Crippen molar-refractivity contribution in [3.8, 4) is 0 Å². The summed E-state index contributed by atoms with van der Waals surface area (Å²) in [6.45, 7) is 1.63. The van der Waals surface area contributed by atoms with E-state index in [9.17, 15) is 10.1 Å². The van der Waals surface area contributed by atoms with Crippen molar-refractivity contribution < 1.29 is 10.0 Å². The van der Waals surface area contributed by atoms with E-state index in [1.54, 1.807) is 25.1 Å². The predicted molar refractivity (Wildman–Crippen MR) is 76.3 cm³/mol. The number of aromatic nitrogens is 1. The van der Waals surface area contributed by atoms with Crippen molar-refractivity contribution in [1.82, 2.24) is 4.98 Å². The first-order chi connectivity index (χ1) is 9.02. The molecular formula is C12H12BrN3O3. The van der Waals surface area contributed by atoms with Gasteiger partial charge in [-0.25, -0.2) is 4.98 Å². The minimum Gasteiger partial charge on any atom is -0.394 e. The molecule has 1 heterocycles. The summed E-state index contributed by atoms with van der Waals surface area (Å²) in [5.41, 5.74) is 0.923. The maximum absolute atomic E-state index is 11.1. The number of benzene rings is 1. The lowest BCUT2D eigenvalue weighted by Crippen LogP contribution is -2.20. The molecule has 2 rings (SSSR count). The second kappa shape index (κ2) is 5.50. The van der Waals surface area contributed by atoms with Crippen molar-refractivity contribution in [3.05, 3.63) is 39.0 Å². The molecule has 0 fully saturated rings. The van der Waals surface area contributed by atoms with Crippen LogP contribution in [0.5, 0.6) is 0 Å². The summed E-state index contributed by atoms with van der Waals surface area (Å²) in [5.74, 6) is 0. The molecule has 0 spiro atoms. The van der Waals surface area contributed by atoms with E-state index in [0.717, 1.165) is 4.47 Å². The highest BCUT2D eigenvalue weighted by Gasteiger charge is 2.19. The van der Waals surface area contributed by atoms with Crippen LogP contribution in [0.3, 0.4) is 0 Å². The summed E-state index contributed by atoms with van der Waals surface area (Å²) in [7, 11) is 0. The second-order valence-corrected chi connectivity index (χ2v) is 5.08. The van der Waals surface area contributed by atoms with Gasteiger partial charge in [-0.15, -0.1) is 0 Å². The molecular weight excluding hydrogens is 314 g/mol. The third-order valence-corrected chi connectivity index (χ3v) is 3.17. The lowest BCUT2D eigenvalue weighted by molar-refractivity contribution is -0.384. The number of pyridine rings is 1. The van der Waals surface area contributed by atoms with Crippen LogP contribution in [-0.2, 0) is 0 Å². The summed E-state index contributed by atoms with van der Waals surface area (Å²) in [6, 6.07) is 5.05. The molecule has 2 aromatic rings. The first kappa shape index (κ1) is 13.7. The molecule has 0 amide bonds. The summed E-state index contributed by atoms with van der Waals surface area (Å²) in [5, 5.41) is 23.7. The number of hydrogen-bond acceptors (Lipinski definition) is 5. The third-order valence-electron chi connectivity index (χ3n) is 2.67. The van der Waals surface area contributed by atoms with Gasteiger partial charge in [0.1, 0.15) is 11.9 Å². The predicted octanol–water partition coefficient (Wildman–Crippen LogP) is 2.70. The van der Waals surface area contributed by atoms with Crippen LogP contribution in [0.4, 0.5) is 11.4 Å². The molecule has 1 aromatic heterocycles. The Labute approximate surface area is 117 Å². The molecule has 6 nitrogen and oxygen atoms in total. The highest BCUT2D eigenvalue weighted by molar-refractivity contribution is 9.10.